The molecule has 24 heavy (non-hydrogen) atoms. The first-order chi connectivity index (χ1) is 11.7. The molecule has 0 aliphatic heterocycles. The van der Waals surface area contributed by atoms with Gasteiger partial charge in [-0.3, -0.25) is 0 Å². The topological polar surface area (TPSA) is 35.5 Å². The van der Waals surface area contributed by atoms with Gasteiger partial charge >= 0.3 is 5.97 Å². The van der Waals surface area contributed by atoms with Gasteiger partial charge in [0.25, 0.3) is 0 Å². The Morgan fingerprint density at radius 1 is 0.833 bits per heavy atom. The summed E-state index contributed by atoms with van der Waals surface area (Å²) in [5.41, 5.74) is 2.74. The Morgan fingerprint density at radius 2 is 1.46 bits per heavy atom. The SMILES string of the molecule is CCCCCCOc1ccc(-c2ccc(C(=O)OCC)cc2)cc1. The lowest BCUT2D eigenvalue weighted by molar-refractivity contribution is 0.0526. The van der Waals surface area contributed by atoms with E-state index in [1.54, 1.807) is 19.1 Å². The van der Waals surface area contributed by atoms with E-state index in [2.05, 4.69) is 6.92 Å². The van der Waals surface area contributed by atoms with Crippen LogP contribution in [0.2, 0.25) is 0 Å². The van der Waals surface area contributed by atoms with Gasteiger partial charge in [0.2, 0.25) is 0 Å². The summed E-state index contributed by atoms with van der Waals surface area (Å²) in [6.07, 6.45) is 4.83. The molecule has 0 spiro atoms. The molecular formula is C21H26O3. The van der Waals surface area contributed by atoms with Crippen LogP contribution in [0, 0.1) is 0 Å². The summed E-state index contributed by atoms with van der Waals surface area (Å²) >= 11 is 0. The maximum atomic E-state index is 11.7. The quantitative estimate of drug-likeness (QED) is 0.451. The molecule has 0 saturated heterocycles. The van der Waals surface area contributed by atoms with E-state index in [9.17, 15) is 4.79 Å². The van der Waals surface area contributed by atoms with Crippen LogP contribution < -0.4 is 4.74 Å². The highest BCUT2D eigenvalue weighted by molar-refractivity contribution is 5.90. The van der Waals surface area contributed by atoms with E-state index in [0.717, 1.165) is 29.9 Å². The van der Waals surface area contributed by atoms with Crippen LogP contribution in [0.1, 0.15) is 49.9 Å². The molecule has 0 amide bonds. The molecule has 0 aliphatic rings. The van der Waals surface area contributed by atoms with Crippen molar-refractivity contribution < 1.29 is 14.3 Å². The van der Waals surface area contributed by atoms with Gasteiger partial charge in [-0.05, 0) is 48.7 Å². The second-order valence-electron chi connectivity index (χ2n) is 5.73. The van der Waals surface area contributed by atoms with E-state index < -0.39 is 0 Å². The van der Waals surface area contributed by atoms with Crippen molar-refractivity contribution in [2.24, 2.45) is 0 Å². The highest BCUT2D eigenvalue weighted by Gasteiger charge is 2.06. The first-order valence-electron chi connectivity index (χ1n) is 8.75. The van der Waals surface area contributed by atoms with Crippen LogP contribution in [0.15, 0.2) is 48.5 Å². The van der Waals surface area contributed by atoms with Crippen molar-refractivity contribution in [3.8, 4) is 16.9 Å². The van der Waals surface area contributed by atoms with Gasteiger partial charge in [-0.2, -0.15) is 0 Å². The molecule has 2 rings (SSSR count). The molecule has 3 nitrogen and oxygen atoms in total. The van der Waals surface area contributed by atoms with Crippen molar-refractivity contribution in [3.05, 3.63) is 54.1 Å². The Hall–Kier alpha value is -2.29. The number of benzene rings is 2. The zero-order chi connectivity index (χ0) is 17.2. The van der Waals surface area contributed by atoms with Crippen molar-refractivity contribution in [3.63, 3.8) is 0 Å². The highest BCUT2D eigenvalue weighted by atomic mass is 16.5. The second kappa shape index (κ2) is 9.76. The van der Waals surface area contributed by atoms with Crippen molar-refractivity contribution in [1.29, 1.82) is 0 Å². The molecule has 0 radical (unpaired) electrons. The summed E-state index contributed by atoms with van der Waals surface area (Å²) in [5, 5.41) is 0. The van der Waals surface area contributed by atoms with E-state index in [4.69, 9.17) is 9.47 Å². The predicted molar refractivity (Wildman–Crippen MR) is 97.5 cm³/mol. The lowest BCUT2D eigenvalue weighted by Crippen LogP contribution is -2.03. The van der Waals surface area contributed by atoms with Gasteiger partial charge in [-0.1, -0.05) is 50.5 Å². The number of carbonyl (C=O) groups is 1. The Bertz CT molecular complexity index is 615. The van der Waals surface area contributed by atoms with Crippen molar-refractivity contribution in [2.75, 3.05) is 13.2 Å². The number of unbranched alkanes of at least 4 members (excludes halogenated alkanes) is 3. The third-order valence-electron chi connectivity index (χ3n) is 3.85. The number of esters is 1. The molecule has 0 fully saturated rings. The van der Waals surface area contributed by atoms with Crippen LogP contribution in [0.3, 0.4) is 0 Å². The summed E-state index contributed by atoms with van der Waals surface area (Å²) in [7, 11) is 0. The molecule has 0 unspecified atom stereocenters. The van der Waals surface area contributed by atoms with Crippen LogP contribution in [0.25, 0.3) is 11.1 Å². The number of hydrogen-bond acceptors (Lipinski definition) is 3. The summed E-state index contributed by atoms with van der Waals surface area (Å²) < 4.78 is 10.8. The average molecular weight is 326 g/mol. The summed E-state index contributed by atoms with van der Waals surface area (Å²) in [6.45, 7) is 5.17. The van der Waals surface area contributed by atoms with Gasteiger partial charge in [0.15, 0.2) is 0 Å². The van der Waals surface area contributed by atoms with Gasteiger partial charge in [0.1, 0.15) is 5.75 Å². The molecule has 0 N–H and O–H groups in total. The normalized spacial score (nSPS) is 10.4. The molecule has 0 saturated carbocycles. The summed E-state index contributed by atoms with van der Waals surface area (Å²) in [4.78, 5) is 11.7. The van der Waals surface area contributed by atoms with E-state index in [1.165, 1.54) is 19.3 Å². The van der Waals surface area contributed by atoms with Crippen LogP contribution in [0.4, 0.5) is 0 Å². The molecular weight excluding hydrogens is 300 g/mol. The summed E-state index contributed by atoms with van der Waals surface area (Å²) in [5.74, 6) is 0.620. The lowest BCUT2D eigenvalue weighted by atomic mass is 10.0. The smallest absolute Gasteiger partial charge is 0.338 e. The minimum Gasteiger partial charge on any atom is -0.494 e. The zero-order valence-corrected chi connectivity index (χ0v) is 14.6. The Balaban J connectivity index is 1.91. The Morgan fingerprint density at radius 3 is 2.04 bits per heavy atom. The van der Waals surface area contributed by atoms with E-state index in [0.29, 0.717) is 12.2 Å². The van der Waals surface area contributed by atoms with Gasteiger partial charge in [-0.15, -0.1) is 0 Å². The van der Waals surface area contributed by atoms with Gasteiger partial charge in [0.05, 0.1) is 18.8 Å². The summed E-state index contributed by atoms with van der Waals surface area (Å²) in [6, 6.07) is 15.5. The van der Waals surface area contributed by atoms with E-state index >= 15 is 0 Å². The molecule has 0 bridgehead atoms. The Kier molecular flexibility index (Phi) is 7.34. The third-order valence-corrected chi connectivity index (χ3v) is 3.85. The third kappa shape index (κ3) is 5.41. The Labute approximate surface area is 144 Å². The molecule has 0 atom stereocenters. The van der Waals surface area contributed by atoms with Crippen molar-refractivity contribution >= 4 is 5.97 Å². The van der Waals surface area contributed by atoms with E-state index in [-0.39, 0.29) is 5.97 Å². The first-order valence-corrected chi connectivity index (χ1v) is 8.75. The van der Waals surface area contributed by atoms with Gasteiger partial charge in [-0.25, -0.2) is 4.79 Å². The van der Waals surface area contributed by atoms with Crippen LogP contribution in [-0.2, 0) is 4.74 Å². The van der Waals surface area contributed by atoms with E-state index in [1.807, 2.05) is 36.4 Å². The zero-order valence-electron chi connectivity index (χ0n) is 14.6. The molecule has 3 heteroatoms. The van der Waals surface area contributed by atoms with Crippen LogP contribution in [0.5, 0.6) is 5.75 Å². The fourth-order valence-electron chi connectivity index (χ4n) is 2.48. The highest BCUT2D eigenvalue weighted by Crippen LogP contribution is 2.23. The minimum atomic E-state index is -0.282. The average Bonchev–Trinajstić information content (AvgIpc) is 2.62. The predicted octanol–water partition coefficient (Wildman–Crippen LogP) is 5.49. The van der Waals surface area contributed by atoms with Gasteiger partial charge < -0.3 is 9.47 Å². The molecule has 2 aromatic rings. The second-order valence-corrected chi connectivity index (χ2v) is 5.73. The van der Waals surface area contributed by atoms with Crippen molar-refractivity contribution in [1.82, 2.24) is 0 Å². The molecule has 0 aliphatic carbocycles. The number of ether oxygens (including phenoxy) is 2. The van der Waals surface area contributed by atoms with Crippen LogP contribution in [-0.4, -0.2) is 19.2 Å². The van der Waals surface area contributed by atoms with Crippen molar-refractivity contribution in [2.45, 2.75) is 39.5 Å². The molecule has 0 aromatic heterocycles. The molecule has 2 aromatic carbocycles. The maximum absolute atomic E-state index is 11.7. The maximum Gasteiger partial charge on any atom is 0.338 e. The fraction of sp³-hybridized carbons (Fsp3) is 0.381. The lowest BCUT2D eigenvalue weighted by Gasteiger charge is -2.08. The molecule has 0 heterocycles. The largest absolute Gasteiger partial charge is 0.494 e. The number of rotatable bonds is 9. The standard InChI is InChI=1S/C21H26O3/c1-3-5-6-7-16-24-20-14-12-18(13-15-20)17-8-10-19(11-9-17)21(22)23-4-2/h8-15H,3-7,16H2,1-2H3. The first kappa shape index (κ1) is 18.1. The monoisotopic (exact) mass is 326 g/mol. The minimum absolute atomic E-state index is 0.282. The fourth-order valence-corrected chi connectivity index (χ4v) is 2.48. The number of carbonyl (C=O) groups excluding carboxylic acids is 1. The molecule has 128 valence electrons. The van der Waals surface area contributed by atoms with Gasteiger partial charge in [0, 0.05) is 0 Å². The van der Waals surface area contributed by atoms with Crippen LogP contribution >= 0.6 is 0 Å². The number of hydrogen-bond donors (Lipinski definition) is 0.